The maximum Gasteiger partial charge on any atom is 0.376 e. The first-order valence-electron chi connectivity index (χ1n) is 4.34. The van der Waals surface area contributed by atoms with Gasteiger partial charge in [0.1, 0.15) is 4.60 Å². The van der Waals surface area contributed by atoms with Crippen molar-refractivity contribution in [2.75, 3.05) is 6.54 Å². The summed E-state index contributed by atoms with van der Waals surface area (Å²) in [5.74, 6) is -7.07. The van der Waals surface area contributed by atoms with Crippen LogP contribution in [-0.2, 0) is 4.79 Å². The first-order valence-corrected chi connectivity index (χ1v) is 5.13. The Morgan fingerprint density at radius 2 is 2.18 bits per heavy atom. The van der Waals surface area contributed by atoms with Gasteiger partial charge in [-0.1, -0.05) is 0 Å². The van der Waals surface area contributed by atoms with Crippen molar-refractivity contribution in [3.8, 4) is 0 Å². The van der Waals surface area contributed by atoms with Crippen LogP contribution in [0, 0.1) is 0 Å². The number of aliphatic carboxylic acids is 1. The molecule has 0 aromatic carbocycles. The van der Waals surface area contributed by atoms with E-state index in [4.69, 9.17) is 5.11 Å². The number of carboxylic acid groups (broad SMARTS) is 1. The van der Waals surface area contributed by atoms with Crippen LogP contribution in [0.5, 0.6) is 0 Å². The highest BCUT2D eigenvalue weighted by molar-refractivity contribution is 9.10. The summed E-state index contributed by atoms with van der Waals surface area (Å²) < 4.78 is 25.7. The van der Waals surface area contributed by atoms with Gasteiger partial charge in [0, 0.05) is 11.8 Å². The third kappa shape index (κ3) is 3.74. The monoisotopic (exact) mass is 308 g/mol. The zero-order chi connectivity index (χ0) is 13.1. The van der Waals surface area contributed by atoms with Crippen molar-refractivity contribution in [2.24, 2.45) is 0 Å². The fourth-order valence-corrected chi connectivity index (χ4v) is 1.28. The summed E-state index contributed by atoms with van der Waals surface area (Å²) in [6.07, 6.45) is 1.31. The summed E-state index contributed by atoms with van der Waals surface area (Å²) in [7, 11) is 0. The fourth-order valence-electron chi connectivity index (χ4n) is 0.913. The van der Waals surface area contributed by atoms with Gasteiger partial charge in [-0.3, -0.25) is 4.79 Å². The largest absolute Gasteiger partial charge is 0.477 e. The van der Waals surface area contributed by atoms with E-state index in [9.17, 15) is 18.4 Å². The van der Waals surface area contributed by atoms with E-state index in [0.29, 0.717) is 4.60 Å². The lowest BCUT2D eigenvalue weighted by molar-refractivity contribution is -0.163. The highest BCUT2D eigenvalue weighted by atomic mass is 79.9. The Hall–Kier alpha value is -1.57. The van der Waals surface area contributed by atoms with E-state index >= 15 is 0 Å². The van der Waals surface area contributed by atoms with Gasteiger partial charge in [0.25, 0.3) is 5.91 Å². The third-order valence-corrected chi connectivity index (χ3v) is 2.21. The van der Waals surface area contributed by atoms with Crippen molar-refractivity contribution in [2.45, 2.75) is 5.92 Å². The van der Waals surface area contributed by atoms with E-state index in [1.807, 2.05) is 5.32 Å². The van der Waals surface area contributed by atoms with E-state index in [1.165, 1.54) is 18.3 Å². The Kier molecular flexibility index (Phi) is 4.11. The molecule has 5 nitrogen and oxygen atoms in total. The normalized spacial score (nSPS) is 11.0. The Morgan fingerprint density at radius 1 is 1.53 bits per heavy atom. The molecule has 0 aliphatic rings. The lowest BCUT2D eigenvalue weighted by atomic mass is 10.2. The average molecular weight is 309 g/mol. The summed E-state index contributed by atoms with van der Waals surface area (Å²) in [5.41, 5.74) is 0.105. The minimum Gasteiger partial charge on any atom is -0.477 e. The molecule has 1 amide bonds. The van der Waals surface area contributed by atoms with Gasteiger partial charge in [-0.15, -0.1) is 0 Å². The molecule has 17 heavy (non-hydrogen) atoms. The number of alkyl halides is 2. The molecule has 0 atom stereocenters. The Bertz CT molecular complexity index is 454. The standard InChI is InChI=1S/C9H7BrF2N2O3/c10-6-3-5(1-2-13-6)7(15)14-4-9(11,12)8(16)17/h1-3H,4H2,(H,14,15)(H,16,17). The fraction of sp³-hybridized carbons (Fsp3) is 0.222. The van der Waals surface area contributed by atoms with E-state index in [2.05, 4.69) is 20.9 Å². The smallest absolute Gasteiger partial charge is 0.376 e. The number of nitrogens with one attached hydrogen (secondary N) is 1. The van der Waals surface area contributed by atoms with Gasteiger partial charge in [-0.2, -0.15) is 8.78 Å². The molecule has 8 heteroatoms. The molecule has 1 aromatic rings. The van der Waals surface area contributed by atoms with Crippen LogP contribution in [0.4, 0.5) is 8.78 Å². The van der Waals surface area contributed by atoms with Crippen LogP contribution in [-0.4, -0.2) is 34.4 Å². The van der Waals surface area contributed by atoms with Gasteiger partial charge in [-0.05, 0) is 28.1 Å². The minimum absolute atomic E-state index is 0.105. The predicted molar refractivity (Wildman–Crippen MR) is 56.9 cm³/mol. The zero-order valence-electron chi connectivity index (χ0n) is 8.28. The molecular formula is C9H7BrF2N2O3. The number of carboxylic acids is 1. The van der Waals surface area contributed by atoms with Crippen LogP contribution < -0.4 is 5.32 Å². The molecule has 1 aromatic heterocycles. The van der Waals surface area contributed by atoms with Crippen molar-refractivity contribution >= 4 is 27.8 Å². The first kappa shape index (κ1) is 13.5. The molecule has 0 saturated heterocycles. The third-order valence-electron chi connectivity index (χ3n) is 1.77. The number of nitrogens with zero attached hydrogens (tertiary/aromatic N) is 1. The van der Waals surface area contributed by atoms with Crippen molar-refractivity contribution in [1.82, 2.24) is 10.3 Å². The molecule has 0 radical (unpaired) electrons. The van der Waals surface area contributed by atoms with Crippen LogP contribution in [0.15, 0.2) is 22.9 Å². The number of pyridine rings is 1. The predicted octanol–water partition coefficient (Wildman–Crippen LogP) is 1.29. The van der Waals surface area contributed by atoms with Gasteiger partial charge in [-0.25, -0.2) is 9.78 Å². The quantitative estimate of drug-likeness (QED) is 0.822. The highest BCUT2D eigenvalue weighted by Gasteiger charge is 2.39. The molecule has 0 spiro atoms. The summed E-state index contributed by atoms with van der Waals surface area (Å²) in [5, 5.41) is 9.98. The van der Waals surface area contributed by atoms with E-state index in [1.54, 1.807) is 0 Å². The topological polar surface area (TPSA) is 79.3 Å². The lowest BCUT2D eigenvalue weighted by Crippen LogP contribution is -2.42. The molecule has 1 heterocycles. The molecular weight excluding hydrogens is 302 g/mol. The minimum atomic E-state index is -3.99. The number of aromatic nitrogens is 1. The number of rotatable bonds is 4. The number of amides is 1. The summed E-state index contributed by atoms with van der Waals surface area (Å²) in [6.45, 7) is -1.26. The Labute approximate surface area is 103 Å². The number of hydrogen-bond acceptors (Lipinski definition) is 3. The van der Waals surface area contributed by atoms with E-state index in [0.717, 1.165) is 0 Å². The number of halogens is 3. The van der Waals surface area contributed by atoms with Crippen molar-refractivity contribution in [3.05, 3.63) is 28.5 Å². The van der Waals surface area contributed by atoms with Crippen LogP contribution in [0.1, 0.15) is 10.4 Å². The molecule has 0 saturated carbocycles. The van der Waals surface area contributed by atoms with Crippen molar-refractivity contribution in [3.63, 3.8) is 0 Å². The second kappa shape index (κ2) is 5.17. The summed E-state index contributed by atoms with van der Waals surface area (Å²) in [6, 6.07) is 2.65. The van der Waals surface area contributed by atoms with Gasteiger partial charge in [0.15, 0.2) is 0 Å². The number of carbonyl (C=O) groups is 2. The SMILES string of the molecule is O=C(NCC(F)(F)C(=O)O)c1ccnc(Br)c1. The molecule has 92 valence electrons. The molecule has 2 N–H and O–H groups in total. The first-order chi connectivity index (χ1) is 7.83. The molecule has 0 aliphatic carbocycles. The second-order valence-corrected chi connectivity index (χ2v) is 3.87. The highest BCUT2D eigenvalue weighted by Crippen LogP contribution is 2.12. The van der Waals surface area contributed by atoms with E-state index in [-0.39, 0.29) is 5.56 Å². The van der Waals surface area contributed by atoms with Gasteiger partial charge in [0.2, 0.25) is 0 Å². The van der Waals surface area contributed by atoms with Crippen LogP contribution >= 0.6 is 15.9 Å². The zero-order valence-corrected chi connectivity index (χ0v) is 9.87. The van der Waals surface area contributed by atoms with E-state index < -0.39 is 24.3 Å². The maximum atomic E-state index is 12.7. The second-order valence-electron chi connectivity index (χ2n) is 3.06. The van der Waals surface area contributed by atoms with Gasteiger partial charge >= 0.3 is 11.9 Å². The molecule has 1 rings (SSSR count). The lowest BCUT2D eigenvalue weighted by Gasteiger charge is -2.11. The van der Waals surface area contributed by atoms with Crippen molar-refractivity contribution < 1.29 is 23.5 Å². The van der Waals surface area contributed by atoms with Crippen LogP contribution in [0.25, 0.3) is 0 Å². The van der Waals surface area contributed by atoms with Gasteiger partial charge in [0.05, 0.1) is 6.54 Å². The van der Waals surface area contributed by atoms with Gasteiger partial charge < -0.3 is 10.4 Å². The number of carbonyl (C=O) groups excluding carboxylic acids is 1. The van der Waals surface area contributed by atoms with Crippen molar-refractivity contribution in [1.29, 1.82) is 0 Å². The number of hydrogen-bond donors (Lipinski definition) is 2. The maximum absolute atomic E-state index is 12.7. The Balaban J connectivity index is 2.65. The summed E-state index contributed by atoms with van der Waals surface area (Å²) >= 11 is 3.01. The molecule has 0 bridgehead atoms. The molecule has 0 aliphatic heterocycles. The Morgan fingerprint density at radius 3 is 2.71 bits per heavy atom. The average Bonchev–Trinajstić information content (AvgIpc) is 2.25. The van der Waals surface area contributed by atoms with Crippen LogP contribution in [0.3, 0.4) is 0 Å². The summed E-state index contributed by atoms with van der Waals surface area (Å²) in [4.78, 5) is 25.2. The molecule has 0 fully saturated rings. The molecule has 0 unspecified atom stereocenters. The van der Waals surface area contributed by atoms with Crippen LogP contribution in [0.2, 0.25) is 0 Å².